The minimum atomic E-state index is 0.746. The lowest BCUT2D eigenvalue weighted by atomic mass is 10.1. The molecule has 0 aliphatic rings. The van der Waals surface area contributed by atoms with E-state index in [1.165, 1.54) is 0 Å². The summed E-state index contributed by atoms with van der Waals surface area (Å²) in [6.07, 6.45) is 1.94. The Hall–Kier alpha value is -2.55. The van der Waals surface area contributed by atoms with Crippen molar-refractivity contribution in [1.82, 2.24) is 9.97 Å². The van der Waals surface area contributed by atoms with Gasteiger partial charge in [0.05, 0.1) is 11.0 Å². The highest BCUT2D eigenvalue weighted by Crippen LogP contribution is 2.27. The Balaban J connectivity index is 2.25. The molecule has 86 valence electrons. The highest BCUT2D eigenvalue weighted by atomic mass is 14.7. The third kappa shape index (κ3) is 1.21. The number of fused-ring (bicyclic) bond motifs is 4. The van der Waals surface area contributed by atoms with Crippen molar-refractivity contribution in [3.8, 4) is 0 Å². The number of hydrogen-bond acceptors (Lipinski definition) is 2. The van der Waals surface area contributed by atoms with Gasteiger partial charge in [0.15, 0.2) is 0 Å². The number of aromatic amines is 1. The maximum atomic E-state index is 5.81. The first-order valence-electron chi connectivity index (χ1n) is 5.87. The number of anilines is 1. The number of pyridine rings is 1. The number of nitrogen functional groups attached to an aromatic ring is 1. The molecule has 4 rings (SSSR count). The normalized spacial score (nSPS) is 11.6. The molecule has 0 aliphatic heterocycles. The number of rotatable bonds is 0. The van der Waals surface area contributed by atoms with Gasteiger partial charge in [0.2, 0.25) is 0 Å². The summed E-state index contributed by atoms with van der Waals surface area (Å²) in [6.45, 7) is 0. The van der Waals surface area contributed by atoms with E-state index in [0.29, 0.717) is 0 Å². The molecule has 3 N–H and O–H groups in total. The van der Waals surface area contributed by atoms with Gasteiger partial charge >= 0.3 is 0 Å². The summed E-state index contributed by atoms with van der Waals surface area (Å²) in [4.78, 5) is 7.95. The van der Waals surface area contributed by atoms with Crippen LogP contribution < -0.4 is 5.73 Å². The first kappa shape index (κ1) is 9.48. The first-order valence-corrected chi connectivity index (χ1v) is 5.87. The molecule has 18 heavy (non-hydrogen) atoms. The second-order valence-corrected chi connectivity index (χ2v) is 4.52. The molecule has 2 heterocycles. The summed E-state index contributed by atoms with van der Waals surface area (Å²) in [5.41, 5.74) is 9.63. The van der Waals surface area contributed by atoms with Crippen molar-refractivity contribution in [3.05, 3.63) is 48.7 Å². The van der Waals surface area contributed by atoms with Crippen LogP contribution in [0.4, 0.5) is 5.69 Å². The highest BCUT2D eigenvalue weighted by molar-refractivity contribution is 6.07. The van der Waals surface area contributed by atoms with Crippen LogP contribution >= 0.6 is 0 Å². The predicted molar refractivity (Wildman–Crippen MR) is 75.5 cm³/mol. The quantitative estimate of drug-likeness (QED) is 0.361. The Kier molecular flexibility index (Phi) is 1.70. The van der Waals surface area contributed by atoms with Crippen molar-refractivity contribution >= 4 is 38.4 Å². The van der Waals surface area contributed by atoms with E-state index in [1.807, 2.05) is 24.4 Å². The molecule has 0 atom stereocenters. The molecule has 0 aliphatic carbocycles. The standard InChI is InChI=1S/C15H11N3/c16-11-3-1-9-7-10-2-4-13-12(5-6-17-13)15(10)18-14(9)8-11/h1-8,17H,16H2. The van der Waals surface area contributed by atoms with Crippen molar-refractivity contribution < 1.29 is 0 Å². The molecule has 2 aromatic carbocycles. The Morgan fingerprint density at radius 3 is 2.78 bits per heavy atom. The Morgan fingerprint density at radius 2 is 1.83 bits per heavy atom. The van der Waals surface area contributed by atoms with Crippen molar-refractivity contribution in [2.45, 2.75) is 0 Å². The zero-order valence-corrected chi connectivity index (χ0v) is 9.64. The number of benzene rings is 2. The van der Waals surface area contributed by atoms with Crippen LogP contribution in [0.15, 0.2) is 48.7 Å². The molecule has 0 amide bonds. The van der Waals surface area contributed by atoms with Gasteiger partial charge in [-0.3, -0.25) is 0 Å². The third-order valence-corrected chi connectivity index (χ3v) is 3.33. The fourth-order valence-corrected chi connectivity index (χ4v) is 2.44. The lowest BCUT2D eigenvalue weighted by molar-refractivity contribution is 1.47. The molecule has 0 saturated heterocycles. The predicted octanol–water partition coefficient (Wildman–Crippen LogP) is 3.45. The van der Waals surface area contributed by atoms with Crippen LogP contribution in [0.5, 0.6) is 0 Å². The van der Waals surface area contributed by atoms with Gasteiger partial charge in [0.25, 0.3) is 0 Å². The van der Waals surface area contributed by atoms with E-state index in [0.717, 1.165) is 38.4 Å². The topological polar surface area (TPSA) is 54.7 Å². The van der Waals surface area contributed by atoms with Crippen molar-refractivity contribution in [1.29, 1.82) is 0 Å². The molecule has 0 saturated carbocycles. The minimum absolute atomic E-state index is 0.746. The van der Waals surface area contributed by atoms with E-state index in [2.05, 4.69) is 29.2 Å². The van der Waals surface area contributed by atoms with Crippen LogP contribution in [-0.4, -0.2) is 9.97 Å². The van der Waals surface area contributed by atoms with E-state index >= 15 is 0 Å². The lowest BCUT2D eigenvalue weighted by Crippen LogP contribution is -1.87. The molecule has 0 spiro atoms. The zero-order chi connectivity index (χ0) is 12.1. The highest BCUT2D eigenvalue weighted by Gasteiger charge is 2.05. The average molecular weight is 233 g/mol. The van der Waals surface area contributed by atoms with Crippen molar-refractivity contribution in [3.63, 3.8) is 0 Å². The van der Waals surface area contributed by atoms with E-state index < -0.39 is 0 Å². The molecule has 3 nitrogen and oxygen atoms in total. The van der Waals surface area contributed by atoms with Gasteiger partial charge < -0.3 is 10.7 Å². The first-order chi connectivity index (χ1) is 8.81. The van der Waals surface area contributed by atoms with Gasteiger partial charge in [0, 0.05) is 33.6 Å². The summed E-state index contributed by atoms with van der Waals surface area (Å²) >= 11 is 0. The van der Waals surface area contributed by atoms with E-state index in [-0.39, 0.29) is 0 Å². The molecule has 0 unspecified atom stereocenters. The third-order valence-electron chi connectivity index (χ3n) is 3.33. The summed E-state index contributed by atoms with van der Waals surface area (Å²) in [7, 11) is 0. The van der Waals surface area contributed by atoms with E-state index in [9.17, 15) is 0 Å². The smallest absolute Gasteiger partial charge is 0.0803 e. The number of nitrogens with two attached hydrogens (primary N) is 1. The zero-order valence-electron chi connectivity index (χ0n) is 9.64. The fourth-order valence-electron chi connectivity index (χ4n) is 2.44. The van der Waals surface area contributed by atoms with Gasteiger partial charge in [-0.1, -0.05) is 12.1 Å². The molecule has 0 radical (unpaired) electrons. The largest absolute Gasteiger partial charge is 0.399 e. The van der Waals surface area contributed by atoms with Gasteiger partial charge in [-0.15, -0.1) is 0 Å². The lowest BCUT2D eigenvalue weighted by Gasteiger charge is -2.03. The minimum Gasteiger partial charge on any atom is -0.399 e. The van der Waals surface area contributed by atoms with Crippen molar-refractivity contribution in [2.24, 2.45) is 0 Å². The molecule has 4 aromatic rings. The van der Waals surface area contributed by atoms with Crippen LogP contribution in [0.2, 0.25) is 0 Å². The second kappa shape index (κ2) is 3.23. The number of aromatic nitrogens is 2. The Labute approximate surface area is 103 Å². The van der Waals surface area contributed by atoms with Gasteiger partial charge in [0.1, 0.15) is 0 Å². The monoisotopic (exact) mass is 233 g/mol. The van der Waals surface area contributed by atoms with Gasteiger partial charge in [-0.25, -0.2) is 4.98 Å². The summed E-state index contributed by atoms with van der Waals surface area (Å²) < 4.78 is 0. The molecule has 2 aromatic heterocycles. The second-order valence-electron chi connectivity index (χ2n) is 4.52. The van der Waals surface area contributed by atoms with Crippen molar-refractivity contribution in [2.75, 3.05) is 5.73 Å². The molecule has 3 heteroatoms. The Morgan fingerprint density at radius 1 is 0.944 bits per heavy atom. The van der Waals surface area contributed by atoms with Crippen LogP contribution in [-0.2, 0) is 0 Å². The fraction of sp³-hybridized carbons (Fsp3) is 0. The molecular formula is C15H11N3. The summed E-state index contributed by atoms with van der Waals surface area (Å²) in [5, 5.41) is 3.42. The number of nitrogens with one attached hydrogen (secondary N) is 1. The van der Waals surface area contributed by atoms with Gasteiger partial charge in [-0.05, 0) is 30.3 Å². The SMILES string of the molecule is Nc1ccc2cc3ccc4[nH]ccc4c3nc2c1. The molecule has 0 fully saturated rings. The van der Waals surface area contributed by atoms with Gasteiger partial charge in [-0.2, -0.15) is 0 Å². The summed E-state index contributed by atoms with van der Waals surface area (Å²) in [6, 6.07) is 14.2. The van der Waals surface area contributed by atoms with Crippen LogP contribution in [0.1, 0.15) is 0 Å². The van der Waals surface area contributed by atoms with E-state index in [1.54, 1.807) is 0 Å². The number of H-pyrrole nitrogens is 1. The van der Waals surface area contributed by atoms with E-state index in [4.69, 9.17) is 10.7 Å². The maximum absolute atomic E-state index is 5.81. The van der Waals surface area contributed by atoms with Crippen LogP contribution in [0.25, 0.3) is 32.7 Å². The van der Waals surface area contributed by atoms with Crippen LogP contribution in [0, 0.1) is 0 Å². The average Bonchev–Trinajstić information content (AvgIpc) is 2.85. The summed E-state index contributed by atoms with van der Waals surface area (Å²) in [5.74, 6) is 0. The number of hydrogen-bond donors (Lipinski definition) is 2. The number of nitrogens with zero attached hydrogens (tertiary/aromatic N) is 1. The molecule has 0 bridgehead atoms. The Bertz CT molecular complexity index is 890. The maximum Gasteiger partial charge on any atom is 0.0803 e. The molecular weight excluding hydrogens is 222 g/mol. The van der Waals surface area contributed by atoms with Crippen LogP contribution in [0.3, 0.4) is 0 Å².